The molecule has 1 fully saturated rings. The minimum atomic E-state index is -0.551. The van der Waals surface area contributed by atoms with E-state index in [0.717, 1.165) is 11.3 Å². The molecule has 2 aliphatic heterocycles. The predicted octanol–water partition coefficient (Wildman–Crippen LogP) is 1.83. The van der Waals surface area contributed by atoms with Crippen LogP contribution in [0.4, 0.5) is 16.2 Å². The largest absolute Gasteiger partial charge is 0.370 e. The van der Waals surface area contributed by atoms with Crippen LogP contribution < -0.4 is 21.3 Å². The summed E-state index contributed by atoms with van der Waals surface area (Å²) >= 11 is 0. The molecule has 0 spiro atoms. The summed E-state index contributed by atoms with van der Waals surface area (Å²) in [5, 5.41) is 5.78. The van der Waals surface area contributed by atoms with E-state index in [-0.39, 0.29) is 30.5 Å². The molecule has 0 bridgehead atoms. The van der Waals surface area contributed by atoms with Crippen LogP contribution in [0.25, 0.3) is 0 Å². The molecule has 0 radical (unpaired) electrons. The number of ether oxygens (including phenoxy) is 1. The van der Waals surface area contributed by atoms with Crippen molar-refractivity contribution in [2.75, 3.05) is 30.0 Å². The number of rotatable bonds is 4. The Kier molecular flexibility index (Phi) is 5.18. The number of nitrogens with zero attached hydrogens (tertiary/aromatic N) is 1. The fourth-order valence-electron chi connectivity index (χ4n) is 3.91. The number of benzene rings is 2. The molecule has 2 aromatic rings. The lowest BCUT2D eigenvalue weighted by Gasteiger charge is -2.26. The van der Waals surface area contributed by atoms with Crippen LogP contribution in [-0.4, -0.2) is 43.6 Å². The first-order valence-electron chi connectivity index (χ1n) is 9.45. The van der Waals surface area contributed by atoms with Crippen molar-refractivity contribution in [2.24, 2.45) is 5.73 Å². The number of morpholine rings is 1. The number of anilines is 2. The number of fused-ring (bicyclic) bond motifs is 1. The van der Waals surface area contributed by atoms with E-state index >= 15 is 0 Å². The Morgan fingerprint density at radius 3 is 2.83 bits per heavy atom. The minimum Gasteiger partial charge on any atom is -0.370 e. The van der Waals surface area contributed by atoms with Crippen molar-refractivity contribution in [2.45, 2.75) is 18.4 Å². The average molecular weight is 394 g/mol. The van der Waals surface area contributed by atoms with Gasteiger partial charge in [0.25, 0.3) is 0 Å². The highest BCUT2D eigenvalue weighted by molar-refractivity contribution is 6.04. The molecule has 0 aliphatic carbocycles. The van der Waals surface area contributed by atoms with Gasteiger partial charge in [-0.3, -0.25) is 14.5 Å². The number of hydrogen-bond donors (Lipinski definition) is 3. The Hall–Kier alpha value is -3.39. The number of carbonyl (C=O) groups excluding carboxylic acids is 3. The summed E-state index contributed by atoms with van der Waals surface area (Å²) in [4.78, 5) is 37.6. The first kappa shape index (κ1) is 18.9. The molecule has 2 aromatic carbocycles. The van der Waals surface area contributed by atoms with Crippen LogP contribution in [0.5, 0.6) is 0 Å². The smallest absolute Gasteiger partial charge is 0.326 e. The molecule has 4 rings (SSSR count). The molecule has 150 valence electrons. The van der Waals surface area contributed by atoms with Crippen LogP contribution >= 0.6 is 0 Å². The number of amides is 4. The van der Waals surface area contributed by atoms with E-state index in [2.05, 4.69) is 10.6 Å². The summed E-state index contributed by atoms with van der Waals surface area (Å²) < 4.78 is 5.33. The Balaban J connectivity index is 1.50. The molecule has 8 nitrogen and oxygen atoms in total. The van der Waals surface area contributed by atoms with Gasteiger partial charge in [0.2, 0.25) is 11.8 Å². The lowest BCUT2D eigenvalue weighted by Crippen LogP contribution is -2.46. The number of nitrogens with one attached hydrogen (secondary N) is 2. The standard InChI is InChI=1S/C21H22N4O4/c22-20(27)13-4-3-5-15(8-13)24-21(28)25-10-14(17-6-1-2-7-18(17)25)9-16-11-29-12-19(26)23-16/h1-8,14,16H,9-12H2,(H2,22,27)(H,23,26)(H,24,28). The van der Waals surface area contributed by atoms with Crippen molar-refractivity contribution in [3.05, 3.63) is 59.7 Å². The molecule has 2 unspecified atom stereocenters. The Morgan fingerprint density at radius 2 is 2.03 bits per heavy atom. The molecule has 29 heavy (non-hydrogen) atoms. The molecular weight excluding hydrogens is 372 g/mol. The zero-order chi connectivity index (χ0) is 20.4. The minimum absolute atomic E-state index is 0.0791. The molecule has 2 aliphatic rings. The zero-order valence-corrected chi connectivity index (χ0v) is 15.8. The van der Waals surface area contributed by atoms with E-state index in [4.69, 9.17) is 10.5 Å². The molecule has 0 saturated carbocycles. The molecule has 8 heteroatoms. The van der Waals surface area contributed by atoms with Gasteiger partial charge < -0.3 is 21.1 Å². The van der Waals surface area contributed by atoms with Crippen molar-refractivity contribution in [1.29, 1.82) is 0 Å². The number of urea groups is 1. The fourth-order valence-corrected chi connectivity index (χ4v) is 3.91. The normalized spacial score (nSPS) is 20.7. The number of nitrogens with two attached hydrogens (primary N) is 1. The number of carbonyl (C=O) groups is 3. The molecule has 1 saturated heterocycles. The number of para-hydroxylation sites is 1. The summed E-state index contributed by atoms with van der Waals surface area (Å²) in [6.07, 6.45) is 0.684. The molecule has 2 heterocycles. The first-order valence-corrected chi connectivity index (χ1v) is 9.45. The Bertz CT molecular complexity index is 961. The maximum absolute atomic E-state index is 13.0. The molecule has 2 atom stereocenters. The third kappa shape index (κ3) is 4.07. The highest BCUT2D eigenvalue weighted by atomic mass is 16.5. The highest BCUT2D eigenvalue weighted by Crippen LogP contribution is 2.39. The van der Waals surface area contributed by atoms with E-state index in [0.29, 0.717) is 30.8 Å². The van der Waals surface area contributed by atoms with Crippen LogP contribution in [0.15, 0.2) is 48.5 Å². The van der Waals surface area contributed by atoms with Gasteiger partial charge in [0.1, 0.15) is 6.61 Å². The van der Waals surface area contributed by atoms with Gasteiger partial charge >= 0.3 is 6.03 Å². The van der Waals surface area contributed by atoms with Crippen LogP contribution in [-0.2, 0) is 9.53 Å². The van der Waals surface area contributed by atoms with E-state index in [9.17, 15) is 14.4 Å². The van der Waals surface area contributed by atoms with Crippen molar-refractivity contribution in [3.63, 3.8) is 0 Å². The summed E-state index contributed by atoms with van der Waals surface area (Å²) in [5.74, 6) is -0.582. The number of hydrogen-bond acceptors (Lipinski definition) is 4. The summed E-state index contributed by atoms with van der Waals surface area (Å²) in [7, 11) is 0. The maximum atomic E-state index is 13.0. The van der Waals surface area contributed by atoms with E-state index < -0.39 is 5.91 Å². The topological polar surface area (TPSA) is 114 Å². The predicted molar refractivity (Wildman–Crippen MR) is 108 cm³/mol. The fraction of sp³-hybridized carbons (Fsp3) is 0.286. The van der Waals surface area contributed by atoms with E-state index in [1.165, 1.54) is 0 Å². The van der Waals surface area contributed by atoms with Crippen LogP contribution in [0.3, 0.4) is 0 Å². The van der Waals surface area contributed by atoms with Gasteiger partial charge in [-0.2, -0.15) is 0 Å². The van der Waals surface area contributed by atoms with Gasteiger partial charge in [0.05, 0.1) is 12.6 Å². The second-order valence-electron chi connectivity index (χ2n) is 7.26. The Labute approximate surface area is 168 Å². The third-order valence-electron chi connectivity index (χ3n) is 5.20. The van der Waals surface area contributed by atoms with Crippen molar-refractivity contribution >= 4 is 29.2 Å². The van der Waals surface area contributed by atoms with Crippen LogP contribution in [0.1, 0.15) is 28.3 Å². The zero-order valence-electron chi connectivity index (χ0n) is 15.8. The molecule has 0 aromatic heterocycles. The van der Waals surface area contributed by atoms with Crippen molar-refractivity contribution in [1.82, 2.24) is 5.32 Å². The summed E-state index contributed by atoms with van der Waals surface area (Å²) in [5.41, 5.74) is 8.04. The molecule has 4 amide bonds. The van der Waals surface area contributed by atoms with Gasteiger partial charge in [-0.05, 0) is 36.2 Å². The van der Waals surface area contributed by atoms with Gasteiger partial charge in [-0.15, -0.1) is 0 Å². The first-order chi connectivity index (χ1) is 14.0. The average Bonchev–Trinajstić information content (AvgIpc) is 3.07. The van der Waals surface area contributed by atoms with E-state index in [1.54, 1.807) is 29.2 Å². The Morgan fingerprint density at radius 1 is 1.21 bits per heavy atom. The lowest BCUT2D eigenvalue weighted by atomic mass is 9.94. The highest BCUT2D eigenvalue weighted by Gasteiger charge is 2.34. The van der Waals surface area contributed by atoms with Gasteiger partial charge in [0.15, 0.2) is 0 Å². The maximum Gasteiger partial charge on any atom is 0.326 e. The van der Waals surface area contributed by atoms with Crippen molar-refractivity contribution < 1.29 is 19.1 Å². The summed E-state index contributed by atoms with van der Waals surface area (Å²) in [6, 6.07) is 13.9. The quantitative estimate of drug-likeness (QED) is 0.734. The van der Waals surface area contributed by atoms with Gasteiger partial charge in [-0.25, -0.2) is 4.79 Å². The monoisotopic (exact) mass is 394 g/mol. The van der Waals surface area contributed by atoms with Crippen LogP contribution in [0.2, 0.25) is 0 Å². The van der Waals surface area contributed by atoms with Gasteiger partial charge in [0, 0.05) is 29.4 Å². The lowest BCUT2D eigenvalue weighted by molar-refractivity contribution is -0.131. The van der Waals surface area contributed by atoms with Crippen molar-refractivity contribution in [3.8, 4) is 0 Å². The number of primary amides is 1. The molecule has 4 N–H and O–H groups in total. The second kappa shape index (κ2) is 7.92. The summed E-state index contributed by atoms with van der Waals surface area (Å²) in [6.45, 7) is 1.06. The van der Waals surface area contributed by atoms with Gasteiger partial charge in [-0.1, -0.05) is 24.3 Å². The van der Waals surface area contributed by atoms with E-state index in [1.807, 2.05) is 24.3 Å². The van der Waals surface area contributed by atoms with Crippen LogP contribution in [0, 0.1) is 0 Å². The molecular formula is C21H22N4O4. The third-order valence-corrected chi connectivity index (χ3v) is 5.20. The SMILES string of the molecule is NC(=O)c1cccc(NC(=O)N2CC(CC3COCC(=O)N3)c3ccccc32)c1. The second-order valence-corrected chi connectivity index (χ2v) is 7.26.